The first-order valence-corrected chi connectivity index (χ1v) is 12.5. The van der Waals surface area contributed by atoms with E-state index in [-0.39, 0.29) is 16.8 Å². The van der Waals surface area contributed by atoms with E-state index in [1.54, 1.807) is 18.2 Å². The minimum atomic E-state index is -5.08. The van der Waals surface area contributed by atoms with Gasteiger partial charge in [0, 0.05) is 16.8 Å². The first-order valence-electron chi connectivity index (χ1n) is 10.6. The highest BCUT2D eigenvalue weighted by atomic mass is 35.5. The van der Waals surface area contributed by atoms with E-state index in [4.69, 9.17) is 21.5 Å². The molecule has 0 aliphatic heterocycles. The molecule has 1 unspecified atom stereocenters. The summed E-state index contributed by atoms with van der Waals surface area (Å²) < 4.78 is 59.5. The average Bonchev–Trinajstić information content (AvgIpc) is 3.57. The van der Waals surface area contributed by atoms with Gasteiger partial charge in [0.05, 0.1) is 10.3 Å². The number of aliphatic carboxylic acids is 1. The van der Waals surface area contributed by atoms with Crippen molar-refractivity contribution in [2.24, 2.45) is 0 Å². The maximum Gasteiger partial charge on any atom is 0.490 e. The van der Waals surface area contributed by atoms with Crippen molar-refractivity contribution in [1.29, 1.82) is 0 Å². The number of alkyl halides is 3. The minimum absolute atomic E-state index is 0.0458. The van der Waals surface area contributed by atoms with Crippen molar-refractivity contribution in [2.45, 2.75) is 62.6 Å². The van der Waals surface area contributed by atoms with E-state index in [0.29, 0.717) is 10.7 Å². The molecule has 3 N–H and O–H groups in total. The normalized spacial score (nSPS) is 15.3. The van der Waals surface area contributed by atoms with Gasteiger partial charge >= 0.3 is 12.1 Å². The molecule has 2 aromatic carbocycles. The molecule has 0 saturated heterocycles. The number of aryl methyl sites for hydroxylation is 1. The second kappa shape index (κ2) is 10.9. The van der Waals surface area contributed by atoms with Crippen LogP contribution in [0.1, 0.15) is 44.2 Å². The molecule has 192 valence electrons. The Labute approximate surface area is 206 Å². The maximum absolute atomic E-state index is 12.6. The number of anilines is 1. The van der Waals surface area contributed by atoms with Gasteiger partial charge in [-0.25, -0.2) is 13.2 Å². The summed E-state index contributed by atoms with van der Waals surface area (Å²) >= 11 is 6.05. The number of carbonyl (C=O) groups excluding carboxylic acids is 1. The van der Waals surface area contributed by atoms with E-state index in [2.05, 4.69) is 10.0 Å². The number of hydrogen-bond acceptors (Lipinski definition) is 4. The summed E-state index contributed by atoms with van der Waals surface area (Å²) in [5.74, 6) is -2.71. The molecule has 0 bridgehead atoms. The number of carboxylic acid groups (broad SMARTS) is 1. The summed E-state index contributed by atoms with van der Waals surface area (Å²) in [4.78, 5) is 21.6. The zero-order valence-electron chi connectivity index (χ0n) is 19.2. The fourth-order valence-electron chi connectivity index (χ4n) is 3.05. The van der Waals surface area contributed by atoms with Crippen LogP contribution < -0.4 is 10.0 Å². The van der Waals surface area contributed by atoms with E-state index in [1.807, 2.05) is 32.9 Å². The summed E-state index contributed by atoms with van der Waals surface area (Å²) in [6, 6.07) is 11.8. The monoisotopic (exact) mass is 534 g/mol. The van der Waals surface area contributed by atoms with Gasteiger partial charge in [0.2, 0.25) is 5.91 Å². The number of rotatable bonds is 7. The second-order valence-electron chi connectivity index (χ2n) is 8.26. The van der Waals surface area contributed by atoms with Crippen molar-refractivity contribution in [1.82, 2.24) is 5.32 Å². The molecule has 1 atom stereocenters. The number of benzene rings is 2. The number of hydrogen-bond donors (Lipinski definition) is 3. The van der Waals surface area contributed by atoms with Gasteiger partial charge < -0.3 is 10.4 Å². The predicted octanol–water partition coefficient (Wildman–Crippen LogP) is 5.03. The molecule has 0 spiro atoms. The van der Waals surface area contributed by atoms with E-state index in [1.165, 1.54) is 12.1 Å². The third kappa shape index (κ3) is 7.35. The molecule has 1 aliphatic carbocycles. The summed E-state index contributed by atoms with van der Waals surface area (Å²) in [6.07, 6.45) is -2.59. The average molecular weight is 535 g/mol. The van der Waals surface area contributed by atoms with Crippen LogP contribution in [-0.4, -0.2) is 37.6 Å². The van der Waals surface area contributed by atoms with Crippen LogP contribution in [0.3, 0.4) is 0 Å². The number of amides is 1. The number of sulfonamides is 1. The van der Waals surface area contributed by atoms with Crippen LogP contribution in [0.25, 0.3) is 0 Å². The highest BCUT2D eigenvalue weighted by molar-refractivity contribution is 7.92. The van der Waals surface area contributed by atoms with Crippen molar-refractivity contribution in [2.75, 3.05) is 4.72 Å². The molecule has 3 rings (SSSR count). The maximum atomic E-state index is 12.6. The van der Waals surface area contributed by atoms with Crippen LogP contribution in [0.15, 0.2) is 47.4 Å². The van der Waals surface area contributed by atoms with Crippen LogP contribution in [0, 0.1) is 6.92 Å². The lowest BCUT2D eigenvalue weighted by atomic mass is 9.94. The summed E-state index contributed by atoms with van der Waals surface area (Å²) in [7, 11) is -3.73. The highest BCUT2D eigenvalue weighted by Gasteiger charge is 2.51. The molecular formula is C23H26ClF3N2O5S. The smallest absolute Gasteiger partial charge is 0.475 e. The summed E-state index contributed by atoms with van der Waals surface area (Å²) in [6.45, 7) is 5.84. The van der Waals surface area contributed by atoms with Crippen LogP contribution in [0.2, 0.25) is 5.02 Å². The predicted molar refractivity (Wildman–Crippen MR) is 126 cm³/mol. The van der Waals surface area contributed by atoms with Crippen molar-refractivity contribution in [3.8, 4) is 0 Å². The number of carbonyl (C=O) groups is 2. The van der Waals surface area contributed by atoms with Crippen LogP contribution in [-0.2, 0) is 25.0 Å². The molecular weight excluding hydrogens is 509 g/mol. The first kappa shape index (κ1) is 28.4. The number of nitrogens with one attached hydrogen (secondary N) is 2. The molecule has 12 heteroatoms. The van der Waals surface area contributed by atoms with Gasteiger partial charge in [0.1, 0.15) is 0 Å². The van der Waals surface area contributed by atoms with Gasteiger partial charge in [-0.1, -0.05) is 36.7 Å². The molecule has 0 heterocycles. The molecule has 1 fully saturated rings. The molecule has 0 aromatic heterocycles. The Hall–Kier alpha value is -2.79. The highest BCUT2D eigenvalue weighted by Crippen LogP contribution is 2.48. The topological polar surface area (TPSA) is 113 Å². The fraction of sp³-hybridized carbons (Fsp3) is 0.391. The van der Waals surface area contributed by atoms with Crippen LogP contribution in [0.5, 0.6) is 0 Å². The molecule has 0 radical (unpaired) electrons. The summed E-state index contributed by atoms with van der Waals surface area (Å²) in [5, 5.41) is 10.6. The van der Waals surface area contributed by atoms with Gasteiger partial charge in [-0.15, -0.1) is 0 Å². The minimum Gasteiger partial charge on any atom is -0.475 e. The molecule has 2 aromatic rings. The van der Waals surface area contributed by atoms with E-state index >= 15 is 0 Å². The molecule has 1 amide bonds. The Bertz CT molecular complexity index is 1180. The number of halogens is 4. The first-order chi connectivity index (χ1) is 16.1. The van der Waals surface area contributed by atoms with Crippen molar-refractivity contribution < 1.29 is 36.3 Å². The lowest BCUT2D eigenvalue weighted by Gasteiger charge is -2.19. The van der Waals surface area contributed by atoms with E-state index in [9.17, 15) is 26.4 Å². The SMILES string of the molecule is CCC(C)NC(=O)C1(c2ccc(NS(=O)(=O)c3ccc(C)c(Cl)c3)cc2)CC1.O=C(O)C(F)(F)F. The second-order valence-corrected chi connectivity index (χ2v) is 10.4. The van der Waals surface area contributed by atoms with Crippen LogP contribution >= 0.6 is 11.6 Å². The standard InChI is InChI=1S/C21H25ClN2O3S.C2HF3O2/c1-4-15(3)23-20(25)21(11-12-21)16-6-8-17(9-7-16)24-28(26,27)18-10-5-14(2)19(22)13-18;3-2(4,5)1(6)7/h5-10,13,15,24H,4,11-12H2,1-3H3,(H,23,25);(H,6,7). The van der Waals surface area contributed by atoms with Gasteiger partial charge in [0.25, 0.3) is 10.0 Å². The molecule has 7 nitrogen and oxygen atoms in total. The lowest BCUT2D eigenvalue weighted by Crippen LogP contribution is -2.39. The lowest BCUT2D eigenvalue weighted by molar-refractivity contribution is -0.192. The molecule has 1 aliphatic rings. The van der Waals surface area contributed by atoms with Crippen molar-refractivity contribution >= 4 is 39.2 Å². The zero-order chi connectivity index (χ0) is 26.6. The fourth-order valence-corrected chi connectivity index (χ4v) is 4.38. The van der Waals surface area contributed by atoms with Gasteiger partial charge in [-0.05, 0) is 68.5 Å². The van der Waals surface area contributed by atoms with E-state index in [0.717, 1.165) is 30.4 Å². The van der Waals surface area contributed by atoms with Gasteiger partial charge in [-0.3, -0.25) is 9.52 Å². The summed E-state index contributed by atoms with van der Waals surface area (Å²) in [5.41, 5.74) is 1.69. The van der Waals surface area contributed by atoms with Gasteiger partial charge in [0.15, 0.2) is 0 Å². The van der Waals surface area contributed by atoms with E-state index < -0.39 is 27.6 Å². The Morgan fingerprint density at radius 2 is 1.69 bits per heavy atom. The molecule has 35 heavy (non-hydrogen) atoms. The van der Waals surface area contributed by atoms with Crippen molar-refractivity contribution in [3.63, 3.8) is 0 Å². The quantitative estimate of drug-likeness (QED) is 0.461. The van der Waals surface area contributed by atoms with Crippen molar-refractivity contribution in [3.05, 3.63) is 58.6 Å². The Morgan fingerprint density at radius 3 is 2.11 bits per heavy atom. The van der Waals surface area contributed by atoms with Crippen LogP contribution in [0.4, 0.5) is 18.9 Å². The Balaban J connectivity index is 0.000000540. The third-order valence-electron chi connectivity index (χ3n) is 5.56. The van der Waals surface area contributed by atoms with Gasteiger partial charge in [-0.2, -0.15) is 13.2 Å². The Kier molecular flexibility index (Phi) is 8.83. The zero-order valence-corrected chi connectivity index (χ0v) is 20.8. The third-order valence-corrected chi connectivity index (χ3v) is 7.35. The molecule has 1 saturated carbocycles. The number of carboxylic acids is 1. The largest absolute Gasteiger partial charge is 0.490 e. The Morgan fingerprint density at radius 1 is 1.14 bits per heavy atom.